The second-order valence-corrected chi connectivity index (χ2v) is 6.65. The van der Waals surface area contributed by atoms with Crippen molar-refractivity contribution in [2.24, 2.45) is 16.7 Å². The smallest absolute Gasteiger partial charge is 0.0456 e. The lowest BCUT2D eigenvalue weighted by atomic mass is 9.67. The van der Waals surface area contributed by atoms with Gasteiger partial charge in [0.25, 0.3) is 0 Å². The van der Waals surface area contributed by atoms with E-state index in [0.717, 1.165) is 13.2 Å². The molecule has 0 aromatic heterocycles. The highest BCUT2D eigenvalue weighted by Crippen LogP contribution is 2.36. The molecular formula is C12H26N2. The van der Waals surface area contributed by atoms with Crippen molar-refractivity contribution >= 4 is 0 Å². The normalized spacial score (nSPS) is 30.4. The predicted octanol–water partition coefficient (Wildman–Crippen LogP) is 2.21. The lowest BCUT2D eigenvalue weighted by Gasteiger charge is -2.47. The fourth-order valence-electron chi connectivity index (χ4n) is 2.39. The lowest BCUT2D eigenvalue weighted by molar-refractivity contribution is 0.0762. The average molecular weight is 198 g/mol. The van der Waals surface area contributed by atoms with Gasteiger partial charge in [-0.3, -0.25) is 0 Å². The summed E-state index contributed by atoms with van der Waals surface area (Å²) in [5.74, 6) is 0.705. The van der Waals surface area contributed by atoms with Crippen molar-refractivity contribution in [1.82, 2.24) is 10.6 Å². The average Bonchev–Trinajstić information content (AvgIpc) is 2.01. The standard InChI is InChI=1S/C12H26N2/c1-11(2,3)9-7-13-8-14-10(9)12(4,5)6/h9-10,13-14H,7-8H2,1-6H3. The second kappa shape index (κ2) is 3.82. The Bertz CT molecular complexity index is 163. The Morgan fingerprint density at radius 3 is 1.86 bits per heavy atom. The van der Waals surface area contributed by atoms with Crippen LogP contribution in [0.2, 0.25) is 0 Å². The van der Waals surface area contributed by atoms with Crippen molar-refractivity contribution in [2.45, 2.75) is 47.6 Å². The third-order valence-electron chi connectivity index (χ3n) is 3.26. The van der Waals surface area contributed by atoms with Crippen LogP contribution in [-0.4, -0.2) is 19.3 Å². The molecule has 84 valence electrons. The van der Waals surface area contributed by atoms with E-state index in [-0.39, 0.29) is 0 Å². The van der Waals surface area contributed by atoms with Gasteiger partial charge in [0, 0.05) is 19.3 Å². The number of hydrogen-bond acceptors (Lipinski definition) is 2. The number of rotatable bonds is 0. The van der Waals surface area contributed by atoms with Gasteiger partial charge in [-0.1, -0.05) is 41.5 Å². The van der Waals surface area contributed by atoms with Gasteiger partial charge >= 0.3 is 0 Å². The lowest BCUT2D eigenvalue weighted by Crippen LogP contribution is -2.60. The molecule has 1 heterocycles. The van der Waals surface area contributed by atoms with Crippen LogP contribution in [0, 0.1) is 16.7 Å². The Morgan fingerprint density at radius 2 is 1.50 bits per heavy atom. The second-order valence-electron chi connectivity index (χ2n) is 6.65. The first-order valence-corrected chi connectivity index (χ1v) is 5.67. The molecule has 1 saturated heterocycles. The summed E-state index contributed by atoms with van der Waals surface area (Å²) in [6.45, 7) is 16.1. The van der Waals surface area contributed by atoms with Crippen LogP contribution in [0.3, 0.4) is 0 Å². The summed E-state index contributed by atoms with van der Waals surface area (Å²) in [5.41, 5.74) is 0.721. The molecule has 2 nitrogen and oxygen atoms in total. The highest BCUT2D eigenvalue weighted by molar-refractivity contribution is 4.95. The molecule has 2 unspecified atom stereocenters. The van der Waals surface area contributed by atoms with Gasteiger partial charge in [0.15, 0.2) is 0 Å². The molecule has 0 spiro atoms. The van der Waals surface area contributed by atoms with Crippen LogP contribution in [0.1, 0.15) is 41.5 Å². The molecule has 1 rings (SSSR count). The fourth-order valence-corrected chi connectivity index (χ4v) is 2.39. The van der Waals surface area contributed by atoms with Gasteiger partial charge in [0.1, 0.15) is 0 Å². The quantitative estimate of drug-likeness (QED) is 0.623. The SMILES string of the molecule is CC(C)(C)C1CNCNC1C(C)(C)C. The Kier molecular flexibility index (Phi) is 3.27. The van der Waals surface area contributed by atoms with Gasteiger partial charge in [0.2, 0.25) is 0 Å². The van der Waals surface area contributed by atoms with Gasteiger partial charge < -0.3 is 10.6 Å². The van der Waals surface area contributed by atoms with Gasteiger partial charge in [-0.15, -0.1) is 0 Å². The van der Waals surface area contributed by atoms with E-state index in [1.165, 1.54) is 0 Å². The molecule has 0 aliphatic carbocycles. The topological polar surface area (TPSA) is 24.1 Å². The predicted molar refractivity (Wildman–Crippen MR) is 62.2 cm³/mol. The highest BCUT2D eigenvalue weighted by Gasteiger charge is 2.39. The van der Waals surface area contributed by atoms with Gasteiger partial charge in [0.05, 0.1) is 0 Å². The van der Waals surface area contributed by atoms with Gasteiger partial charge in [-0.2, -0.15) is 0 Å². The maximum absolute atomic E-state index is 3.60. The van der Waals surface area contributed by atoms with Crippen LogP contribution < -0.4 is 10.6 Å². The Morgan fingerprint density at radius 1 is 0.929 bits per heavy atom. The van der Waals surface area contributed by atoms with Crippen molar-refractivity contribution in [3.8, 4) is 0 Å². The summed E-state index contributed by atoms with van der Waals surface area (Å²) in [7, 11) is 0. The van der Waals surface area contributed by atoms with E-state index in [1.54, 1.807) is 0 Å². The number of hydrogen-bond donors (Lipinski definition) is 2. The van der Waals surface area contributed by atoms with E-state index in [4.69, 9.17) is 0 Å². The zero-order valence-corrected chi connectivity index (χ0v) is 10.6. The van der Waals surface area contributed by atoms with Gasteiger partial charge in [-0.25, -0.2) is 0 Å². The molecule has 0 saturated carbocycles. The Balaban J connectivity index is 2.80. The maximum Gasteiger partial charge on any atom is 0.0456 e. The third-order valence-corrected chi connectivity index (χ3v) is 3.26. The molecule has 14 heavy (non-hydrogen) atoms. The molecule has 0 radical (unpaired) electrons. The Labute approximate surface area is 88.8 Å². The summed E-state index contributed by atoms with van der Waals surface area (Å²) in [5, 5.41) is 7.04. The van der Waals surface area contributed by atoms with Crippen LogP contribution in [0.5, 0.6) is 0 Å². The van der Waals surface area contributed by atoms with Crippen molar-refractivity contribution in [3.63, 3.8) is 0 Å². The third kappa shape index (κ3) is 2.71. The first kappa shape index (κ1) is 12.0. The molecule has 1 aliphatic rings. The molecule has 0 amide bonds. The van der Waals surface area contributed by atoms with E-state index in [0.29, 0.717) is 22.8 Å². The summed E-state index contributed by atoms with van der Waals surface area (Å²) in [6, 6.07) is 0.615. The summed E-state index contributed by atoms with van der Waals surface area (Å²) >= 11 is 0. The number of nitrogens with one attached hydrogen (secondary N) is 2. The zero-order chi connectivity index (χ0) is 11.0. The minimum atomic E-state index is 0.347. The van der Waals surface area contributed by atoms with E-state index in [9.17, 15) is 0 Å². The first-order valence-electron chi connectivity index (χ1n) is 5.67. The van der Waals surface area contributed by atoms with Crippen molar-refractivity contribution in [1.29, 1.82) is 0 Å². The molecule has 2 N–H and O–H groups in total. The van der Waals surface area contributed by atoms with Crippen LogP contribution >= 0.6 is 0 Å². The van der Waals surface area contributed by atoms with Gasteiger partial charge in [-0.05, 0) is 16.7 Å². The minimum Gasteiger partial charge on any atom is -0.304 e. The summed E-state index contributed by atoms with van der Waals surface area (Å²) < 4.78 is 0. The molecule has 1 fully saturated rings. The van der Waals surface area contributed by atoms with E-state index in [1.807, 2.05) is 0 Å². The van der Waals surface area contributed by atoms with E-state index >= 15 is 0 Å². The van der Waals surface area contributed by atoms with E-state index < -0.39 is 0 Å². The zero-order valence-electron chi connectivity index (χ0n) is 10.6. The largest absolute Gasteiger partial charge is 0.304 e. The molecular weight excluding hydrogens is 172 g/mol. The highest BCUT2D eigenvalue weighted by atomic mass is 15.1. The molecule has 2 atom stereocenters. The summed E-state index contributed by atoms with van der Waals surface area (Å²) in [4.78, 5) is 0. The summed E-state index contributed by atoms with van der Waals surface area (Å²) in [6.07, 6.45) is 0. The molecule has 0 bridgehead atoms. The van der Waals surface area contributed by atoms with Crippen molar-refractivity contribution in [2.75, 3.05) is 13.2 Å². The Hall–Kier alpha value is -0.0800. The van der Waals surface area contributed by atoms with Crippen molar-refractivity contribution < 1.29 is 0 Å². The molecule has 0 aromatic rings. The molecule has 0 aromatic carbocycles. The van der Waals surface area contributed by atoms with Crippen LogP contribution in [0.25, 0.3) is 0 Å². The monoisotopic (exact) mass is 198 g/mol. The van der Waals surface area contributed by atoms with Crippen molar-refractivity contribution in [3.05, 3.63) is 0 Å². The molecule has 2 heteroatoms. The first-order chi connectivity index (χ1) is 6.23. The minimum absolute atomic E-state index is 0.347. The fraction of sp³-hybridized carbons (Fsp3) is 1.00. The maximum atomic E-state index is 3.60. The van der Waals surface area contributed by atoms with Crippen LogP contribution in [0.4, 0.5) is 0 Å². The van der Waals surface area contributed by atoms with Crippen LogP contribution in [-0.2, 0) is 0 Å². The van der Waals surface area contributed by atoms with E-state index in [2.05, 4.69) is 52.2 Å². The molecule has 1 aliphatic heterocycles. The van der Waals surface area contributed by atoms with Crippen LogP contribution in [0.15, 0.2) is 0 Å².